The number of hydrogen-bond donors (Lipinski definition) is 1. The minimum atomic E-state index is -1.70. The van der Waals surface area contributed by atoms with Gasteiger partial charge in [-0.05, 0) is 62.7 Å². The van der Waals surface area contributed by atoms with Crippen LogP contribution in [0.25, 0.3) is 0 Å². The van der Waals surface area contributed by atoms with Crippen molar-refractivity contribution in [2.45, 2.75) is 85.1 Å². The molecule has 2 aliphatic carbocycles. The lowest BCUT2D eigenvalue weighted by molar-refractivity contribution is -0.169. The first-order valence-corrected chi connectivity index (χ1v) is 14.0. The number of carbonyl (C=O) groups excluding carboxylic acids is 3. The highest BCUT2D eigenvalue weighted by Crippen LogP contribution is 2.44. The van der Waals surface area contributed by atoms with E-state index in [9.17, 15) is 23.6 Å². The predicted octanol–water partition coefficient (Wildman–Crippen LogP) is 5.52. The second-order valence-corrected chi connectivity index (χ2v) is 11.6. The number of fused-ring (bicyclic) bond motifs is 1. The number of Topliss-reactive ketones (excluding diaryl/α,β-unsaturated/α-hetero) is 1. The summed E-state index contributed by atoms with van der Waals surface area (Å²) < 4.78 is 26.2. The van der Waals surface area contributed by atoms with Crippen molar-refractivity contribution < 1.29 is 38.1 Å². The first kappa shape index (κ1) is 31.2. The summed E-state index contributed by atoms with van der Waals surface area (Å²) >= 11 is 0. The summed E-state index contributed by atoms with van der Waals surface area (Å²) in [6.07, 6.45) is 5.49. The molecule has 0 spiro atoms. The number of aliphatic carboxylic acids is 1. The van der Waals surface area contributed by atoms with Gasteiger partial charge in [0.25, 0.3) is 0 Å². The van der Waals surface area contributed by atoms with Crippen LogP contribution in [0.2, 0.25) is 0 Å². The Bertz CT molecular complexity index is 1150. The lowest BCUT2D eigenvalue weighted by atomic mass is 9.65. The number of pyridine rings is 1. The van der Waals surface area contributed by atoms with Gasteiger partial charge in [-0.1, -0.05) is 39.0 Å². The Balaban J connectivity index is 1.85. The molecule has 1 N–H and O–H groups in total. The minimum Gasteiger partial charge on any atom is -0.481 e. The van der Waals surface area contributed by atoms with Crippen LogP contribution in [0.15, 0.2) is 48.3 Å². The molecule has 1 aromatic rings. The first-order chi connectivity index (χ1) is 18.8. The molecule has 0 aromatic carbocycles. The van der Waals surface area contributed by atoms with Crippen molar-refractivity contribution in [1.82, 2.24) is 4.98 Å². The smallest absolute Gasteiger partial charge is 0.339 e. The lowest BCUT2D eigenvalue weighted by Gasteiger charge is -2.43. The van der Waals surface area contributed by atoms with E-state index < -0.39 is 60.0 Å². The van der Waals surface area contributed by atoms with Gasteiger partial charge in [-0.2, -0.15) is 0 Å². The van der Waals surface area contributed by atoms with E-state index in [1.807, 2.05) is 32.1 Å². The molecule has 0 radical (unpaired) electrons. The second-order valence-electron chi connectivity index (χ2n) is 11.6. The van der Waals surface area contributed by atoms with Crippen LogP contribution in [0, 0.1) is 29.1 Å². The van der Waals surface area contributed by atoms with E-state index in [1.54, 1.807) is 26.8 Å². The van der Waals surface area contributed by atoms with Crippen LogP contribution in [0.4, 0.5) is 4.39 Å². The number of ether oxygens (including phenoxy) is 2. The summed E-state index contributed by atoms with van der Waals surface area (Å²) in [5.41, 5.74) is 0.376. The van der Waals surface area contributed by atoms with E-state index in [0.29, 0.717) is 12.8 Å². The topological polar surface area (TPSA) is 120 Å². The number of nitrogens with zero attached hydrogens (tertiary/aromatic N) is 1. The fourth-order valence-electron chi connectivity index (χ4n) is 5.32. The highest BCUT2D eigenvalue weighted by Gasteiger charge is 2.47. The molecule has 2 aliphatic rings. The van der Waals surface area contributed by atoms with Gasteiger partial charge in [0, 0.05) is 30.7 Å². The summed E-state index contributed by atoms with van der Waals surface area (Å²) in [4.78, 5) is 54.1. The fourth-order valence-corrected chi connectivity index (χ4v) is 5.32. The molecular weight excluding hydrogens is 517 g/mol. The number of hydrogen-bond acceptors (Lipinski definition) is 7. The van der Waals surface area contributed by atoms with Crippen LogP contribution in [-0.4, -0.2) is 52.2 Å². The zero-order valence-corrected chi connectivity index (χ0v) is 23.8. The maximum atomic E-state index is 14.6. The molecule has 1 aromatic heterocycles. The van der Waals surface area contributed by atoms with Crippen molar-refractivity contribution in [2.75, 3.05) is 0 Å². The Labute approximate surface area is 235 Å². The normalized spacial score (nSPS) is 25.8. The van der Waals surface area contributed by atoms with E-state index in [4.69, 9.17) is 14.6 Å². The number of carbonyl (C=O) groups is 4. The van der Waals surface area contributed by atoms with E-state index in [-0.39, 0.29) is 36.0 Å². The number of carboxylic acid groups (broad SMARTS) is 1. The number of ketones is 1. The number of allylic oxidation sites excluding steroid dienone is 3. The summed E-state index contributed by atoms with van der Waals surface area (Å²) in [6.45, 7) is 9.26. The summed E-state index contributed by atoms with van der Waals surface area (Å²) in [5.74, 6) is -3.51. The highest BCUT2D eigenvalue weighted by molar-refractivity contribution is 5.91. The third-order valence-electron chi connectivity index (χ3n) is 8.19. The van der Waals surface area contributed by atoms with E-state index in [0.717, 1.165) is 5.57 Å². The largest absolute Gasteiger partial charge is 0.481 e. The SMILES string of the molecule is CCC(C)(C)C(=O)O[C@@H]1C(=O)[C@H](C)C=C2C=C[C@H](C)[C@H](CC[C@H](C[C@H](F)CC(=O)O)OC(=O)c3cccnc3)C21. The molecule has 7 atom stereocenters. The maximum absolute atomic E-state index is 14.6. The molecule has 3 rings (SSSR count). The quantitative estimate of drug-likeness (QED) is 0.334. The predicted molar refractivity (Wildman–Crippen MR) is 146 cm³/mol. The Hall–Kier alpha value is -3.36. The third-order valence-corrected chi connectivity index (χ3v) is 8.19. The number of esters is 2. The highest BCUT2D eigenvalue weighted by atomic mass is 19.1. The van der Waals surface area contributed by atoms with Crippen molar-refractivity contribution in [1.29, 1.82) is 0 Å². The van der Waals surface area contributed by atoms with Gasteiger partial charge in [0.15, 0.2) is 11.9 Å². The monoisotopic (exact) mass is 557 g/mol. The molecule has 218 valence electrons. The molecule has 8 nitrogen and oxygen atoms in total. The Morgan fingerprint density at radius 3 is 2.58 bits per heavy atom. The van der Waals surface area contributed by atoms with Gasteiger partial charge in [0.1, 0.15) is 12.3 Å². The van der Waals surface area contributed by atoms with Crippen LogP contribution < -0.4 is 0 Å². The molecule has 40 heavy (non-hydrogen) atoms. The Morgan fingerprint density at radius 1 is 1.23 bits per heavy atom. The number of carboxylic acids is 1. The minimum absolute atomic E-state index is 0.00129. The van der Waals surface area contributed by atoms with Crippen molar-refractivity contribution >= 4 is 23.7 Å². The van der Waals surface area contributed by atoms with Crippen LogP contribution in [0.1, 0.15) is 77.1 Å². The number of aromatic nitrogens is 1. The molecule has 0 amide bonds. The molecule has 1 unspecified atom stereocenters. The number of halogens is 1. The van der Waals surface area contributed by atoms with Crippen LogP contribution in [-0.2, 0) is 23.9 Å². The molecule has 0 saturated carbocycles. The maximum Gasteiger partial charge on any atom is 0.339 e. The Kier molecular flexibility index (Phi) is 10.4. The van der Waals surface area contributed by atoms with E-state index in [2.05, 4.69) is 4.98 Å². The van der Waals surface area contributed by atoms with Crippen molar-refractivity contribution in [3.05, 3.63) is 53.9 Å². The van der Waals surface area contributed by atoms with E-state index >= 15 is 0 Å². The summed E-state index contributed by atoms with van der Waals surface area (Å²) in [6, 6.07) is 3.12. The Morgan fingerprint density at radius 2 is 1.95 bits per heavy atom. The zero-order chi connectivity index (χ0) is 29.6. The number of alkyl halides is 1. The molecule has 0 bridgehead atoms. The van der Waals surface area contributed by atoms with E-state index in [1.165, 1.54) is 18.5 Å². The van der Waals surface area contributed by atoms with Gasteiger partial charge >= 0.3 is 17.9 Å². The van der Waals surface area contributed by atoms with Crippen LogP contribution >= 0.6 is 0 Å². The number of rotatable bonds is 12. The van der Waals surface area contributed by atoms with Crippen LogP contribution in [0.5, 0.6) is 0 Å². The molecular formula is C31H40FNO7. The standard InChI is InChI=1S/C31H40FNO7/c1-6-31(4,5)30(38)40-28-26-20(14-19(3)27(28)36)10-9-18(2)24(26)12-11-23(15-22(32)16-25(34)35)39-29(37)21-8-7-13-33-17-21/h7-10,13-14,17-19,22-24,26,28H,6,11-12,15-16H2,1-5H3,(H,34,35)/t18-,19+,22-,23+,24-,26?,28-/m0/s1. The second kappa shape index (κ2) is 13.3. The molecule has 9 heteroatoms. The van der Waals surface area contributed by atoms with Crippen LogP contribution in [0.3, 0.4) is 0 Å². The van der Waals surface area contributed by atoms with Crippen molar-refractivity contribution in [3.63, 3.8) is 0 Å². The summed E-state index contributed by atoms with van der Waals surface area (Å²) in [7, 11) is 0. The lowest BCUT2D eigenvalue weighted by Crippen LogP contribution is -2.48. The van der Waals surface area contributed by atoms with Gasteiger partial charge in [0.05, 0.1) is 17.4 Å². The molecule has 1 heterocycles. The molecule has 0 fully saturated rings. The molecule has 0 aliphatic heterocycles. The van der Waals surface area contributed by atoms with Crippen molar-refractivity contribution in [2.24, 2.45) is 29.1 Å². The first-order valence-electron chi connectivity index (χ1n) is 14.0. The zero-order valence-electron chi connectivity index (χ0n) is 23.8. The fraction of sp³-hybridized carbons (Fsp3) is 0.581. The van der Waals surface area contributed by atoms with Gasteiger partial charge < -0.3 is 14.6 Å². The summed E-state index contributed by atoms with van der Waals surface area (Å²) in [5, 5.41) is 9.03. The average molecular weight is 558 g/mol. The van der Waals surface area contributed by atoms with Gasteiger partial charge in [-0.15, -0.1) is 0 Å². The van der Waals surface area contributed by atoms with Gasteiger partial charge in [-0.3, -0.25) is 19.4 Å². The molecule has 0 saturated heterocycles. The third kappa shape index (κ3) is 7.64. The van der Waals surface area contributed by atoms with Gasteiger partial charge in [-0.25, -0.2) is 9.18 Å². The van der Waals surface area contributed by atoms with Crippen molar-refractivity contribution in [3.8, 4) is 0 Å². The average Bonchev–Trinajstić information content (AvgIpc) is 2.90. The van der Waals surface area contributed by atoms with Gasteiger partial charge in [0.2, 0.25) is 0 Å².